The fraction of sp³-hybridized carbons (Fsp3) is 0.963. The van der Waals surface area contributed by atoms with Crippen LogP contribution < -0.4 is 0 Å². The van der Waals surface area contributed by atoms with Gasteiger partial charge in [-0.05, 0) is 111 Å². The summed E-state index contributed by atoms with van der Waals surface area (Å²) in [6, 6.07) is 0. The van der Waals surface area contributed by atoms with Crippen molar-refractivity contribution in [3.05, 3.63) is 0 Å². The van der Waals surface area contributed by atoms with Crippen molar-refractivity contribution < 1.29 is 17.7 Å². The van der Waals surface area contributed by atoms with Gasteiger partial charge < -0.3 is 15.0 Å². The summed E-state index contributed by atoms with van der Waals surface area (Å²) in [4.78, 5) is 11.6. The maximum atomic E-state index is 11.9. The minimum atomic E-state index is -1.79. The average molecular weight is 421 g/mol. The number of carbonyl (C=O) groups is 1. The zero-order chi connectivity index (χ0) is 23.7. The van der Waals surface area contributed by atoms with Crippen LogP contribution in [0, 0.1) is 52.2 Å². The normalized spacial score (nSPS) is 57.4. The van der Waals surface area contributed by atoms with Crippen molar-refractivity contribution in [2.45, 2.75) is 111 Å². The van der Waals surface area contributed by atoms with Crippen LogP contribution in [0.5, 0.6) is 0 Å². The molecule has 0 amide bonds. The van der Waals surface area contributed by atoms with Gasteiger partial charge in [0.2, 0.25) is 0 Å². The molecule has 11 atom stereocenters. The van der Waals surface area contributed by atoms with Crippen LogP contribution in [0.4, 0.5) is 0 Å². The van der Waals surface area contributed by atoms with Gasteiger partial charge in [-0.3, -0.25) is 0 Å². The molecule has 4 aliphatic carbocycles. The third-order valence-corrected chi connectivity index (χ3v) is 10.6. The number of hydrogen-bond donors (Lipinski definition) is 2. The largest absolute Gasteiger partial charge is 0.393 e. The topological polar surface area (TPSA) is 57.5 Å². The molecule has 0 spiro atoms. The van der Waals surface area contributed by atoms with E-state index in [1.807, 2.05) is 6.92 Å². The maximum absolute atomic E-state index is 11.9. The lowest BCUT2D eigenvalue weighted by Gasteiger charge is -2.64. The molecule has 0 aliphatic heterocycles. The predicted octanol–water partition coefficient (Wildman–Crippen LogP) is 5.62. The zero-order valence-electron chi connectivity index (χ0n) is 21.9. The summed E-state index contributed by atoms with van der Waals surface area (Å²) >= 11 is 0. The molecule has 172 valence electrons. The van der Waals surface area contributed by atoms with E-state index in [9.17, 15) is 17.7 Å². The molecule has 4 saturated carbocycles. The molecule has 0 saturated heterocycles. The Labute approximate surface area is 187 Å². The van der Waals surface area contributed by atoms with Crippen molar-refractivity contribution in [2.24, 2.45) is 52.2 Å². The molecule has 0 heterocycles. The Morgan fingerprint density at radius 3 is 2.40 bits per heavy atom. The van der Waals surface area contributed by atoms with Crippen LogP contribution in [0.3, 0.4) is 0 Å². The molecule has 4 aliphatic rings. The van der Waals surface area contributed by atoms with E-state index in [1.54, 1.807) is 6.92 Å². The molecule has 0 aromatic rings. The lowest BCUT2D eigenvalue weighted by Crippen LogP contribution is -2.62. The van der Waals surface area contributed by atoms with Crippen molar-refractivity contribution in [3.8, 4) is 0 Å². The van der Waals surface area contributed by atoms with Gasteiger partial charge >= 0.3 is 0 Å². The Kier molecular flexibility index (Phi) is 5.51. The summed E-state index contributed by atoms with van der Waals surface area (Å²) in [5.74, 6) is 0.182. The van der Waals surface area contributed by atoms with Crippen LogP contribution in [0.15, 0.2) is 0 Å². The van der Waals surface area contributed by atoms with E-state index in [1.165, 1.54) is 0 Å². The van der Waals surface area contributed by atoms with E-state index in [4.69, 9.17) is 0 Å². The van der Waals surface area contributed by atoms with Gasteiger partial charge in [-0.15, -0.1) is 0 Å². The van der Waals surface area contributed by atoms with Crippen LogP contribution in [0.2, 0.25) is 0 Å². The first-order valence-electron chi connectivity index (χ1n) is 13.7. The molecule has 2 N–H and O–H groups in total. The van der Waals surface area contributed by atoms with Crippen LogP contribution in [-0.2, 0) is 4.79 Å². The maximum Gasteiger partial charge on any atom is 0.129 e. The minimum absolute atomic E-state index is 0.0679. The molecule has 0 bridgehead atoms. The molecule has 4 fully saturated rings. The quantitative estimate of drug-likeness (QED) is 0.607. The van der Waals surface area contributed by atoms with Gasteiger partial charge in [-0.25, -0.2) is 0 Å². The van der Waals surface area contributed by atoms with Gasteiger partial charge in [-0.2, -0.15) is 0 Å². The van der Waals surface area contributed by atoms with E-state index in [0.717, 1.165) is 44.9 Å². The number of rotatable bonds is 5. The van der Waals surface area contributed by atoms with Crippen molar-refractivity contribution in [2.75, 3.05) is 0 Å². The summed E-state index contributed by atoms with van der Waals surface area (Å²) in [5, 5.41) is 22.4. The summed E-state index contributed by atoms with van der Waals surface area (Å²) in [7, 11) is 0. The van der Waals surface area contributed by atoms with E-state index in [0.29, 0.717) is 31.1 Å². The molecule has 0 aromatic heterocycles. The molecule has 4 rings (SSSR count). The predicted molar refractivity (Wildman–Crippen MR) is 121 cm³/mol. The highest BCUT2D eigenvalue weighted by Gasteiger charge is 2.64. The molecule has 0 unspecified atom stereocenters. The number of hydrogen-bond acceptors (Lipinski definition) is 3. The fourth-order valence-corrected chi connectivity index (χ4v) is 8.98. The lowest BCUT2D eigenvalue weighted by atomic mass is 9.41. The van der Waals surface area contributed by atoms with Gasteiger partial charge in [-0.1, -0.05) is 34.1 Å². The Morgan fingerprint density at radius 2 is 1.73 bits per heavy atom. The summed E-state index contributed by atoms with van der Waals surface area (Å²) in [5.41, 5.74) is -0.0208. The summed E-state index contributed by atoms with van der Waals surface area (Å²) < 4.78 is 18.9. The highest BCUT2D eigenvalue weighted by Crippen LogP contribution is 2.69. The summed E-state index contributed by atoms with van der Waals surface area (Å²) in [6.45, 7) is 10.6. The first-order chi connectivity index (χ1) is 14.8. The Hall–Kier alpha value is -0.410. The second-order valence-corrected chi connectivity index (χ2v) is 11.9. The average Bonchev–Trinajstić information content (AvgIpc) is 3.08. The fourth-order valence-electron chi connectivity index (χ4n) is 8.98. The van der Waals surface area contributed by atoms with E-state index in [2.05, 4.69) is 20.8 Å². The van der Waals surface area contributed by atoms with Gasteiger partial charge in [0.15, 0.2) is 0 Å². The molecule has 30 heavy (non-hydrogen) atoms. The standard InChI is InChI=1S/C27H46O3/c1-6-19-23-15-18(29)11-13-27(23,5)22-12-14-26(4)20(16(2)7-8-17(3)28)9-10-21(26)24(22)25(19)30/h16,18-25,29-30H,6-15H2,1-5H3/t16-,18-,19+,20-,21+,22+,23+,24+,25-,26-,27-/m1/s1/i19D,25D. The lowest BCUT2D eigenvalue weighted by molar-refractivity contribution is -0.203. The Balaban J connectivity index is 1.71. The van der Waals surface area contributed by atoms with Crippen molar-refractivity contribution in [1.29, 1.82) is 0 Å². The van der Waals surface area contributed by atoms with Crippen molar-refractivity contribution in [1.82, 2.24) is 0 Å². The number of Topliss-reactive ketones (excluding diaryl/α,β-unsaturated/α-hetero) is 1. The first kappa shape index (κ1) is 20.2. The van der Waals surface area contributed by atoms with E-state index < -0.39 is 18.1 Å². The molecule has 3 nitrogen and oxygen atoms in total. The number of aliphatic hydroxyl groups excluding tert-OH is 1. The minimum Gasteiger partial charge on any atom is -0.393 e. The molecular formula is C27H46O3. The Morgan fingerprint density at radius 1 is 1.07 bits per heavy atom. The SMILES string of the molecule is [2H][C@]1(O)[C@@H]2[C@H](CC[C@]3(C)[C@@H]([C@H](C)CCC(C)=O)CC[C@@H]23)[C@@]2(C)CC[C@@H](O)C[C@H]2[C@]1([2H])CC. The van der Waals surface area contributed by atoms with Crippen LogP contribution in [0.1, 0.15) is 102 Å². The highest BCUT2D eigenvalue weighted by molar-refractivity contribution is 5.75. The Bertz CT molecular complexity index is 740. The molecular weight excluding hydrogens is 372 g/mol. The first-order valence-corrected chi connectivity index (χ1v) is 12.7. The summed E-state index contributed by atoms with van der Waals surface area (Å²) in [6.07, 6.45) is 6.29. The monoisotopic (exact) mass is 420 g/mol. The van der Waals surface area contributed by atoms with Gasteiger partial charge in [0, 0.05) is 7.79 Å². The second kappa shape index (κ2) is 8.18. The second-order valence-electron chi connectivity index (χ2n) is 11.9. The smallest absolute Gasteiger partial charge is 0.129 e. The zero-order valence-corrected chi connectivity index (χ0v) is 19.9. The number of aliphatic hydroxyl groups is 2. The van der Waals surface area contributed by atoms with Crippen molar-refractivity contribution in [3.63, 3.8) is 0 Å². The van der Waals surface area contributed by atoms with Gasteiger partial charge in [0.25, 0.3) is 0 Å². The number of ketones is 1. The molecule has 3 heteroatoms. The highest BCUT2D eigenvalue weighted by atomic mass is 16.3. The van der Waals surface area contributed by atoms with E-state index in [-0.39, 0.29) is 40.3 Å². The van der Waals surface area contributed by atoms with Crippen LogP contribution in [-0.4, -0.2) is 28.2 Å². The van der Waals surface area contributed by atoms with Gasteiger partial charge in [0.05, 0.1) is 13.6 Å². The van der Waals surface area contributed by atoms with Crippen LogP contribution >= 0.6 is 0 Å². The third-order valence-electron chi connectivity index (χ3n) is 10.6. The van der Waals surface area contributed by atoms with Crippen LogP contribution in [0.25, 0.3) is 0 Å². The van der Waals surface area contributed by atoms with E-state index >= 15 is 0 Å². The van der Waals surface area contributed by atoms with Gasteiger partial charge in [0.1, 0.15) is 5.78 Å². The van der Waals surface area contributed by atoms with Crippen molar-refractivity contribution >= 4 is 5.78 Å². The number of fused-ring (bicyclic) bond motifs is 5. The number of carbonyl (C=O) groups excluding carboxylic acids is 1. The molecule has 0 radical (unpaired) electrons. The molecule has 0 aromatic carbocycles. The third kappa shape index (κ3) is 3.41.